The number of aromatic amines is 1. The molecule has 0 atom stereocenters. The zero-order valence-electron chi connectivity index (χ0n) is 7.51. The maximum absolute atomic E-state index is 11.2. The van der Waals surface area contributed by atoms with Crippen LogP contribution in [0.5, 0.6) is 5.88 Å². The quantitative estimate of drug-likeness (QED) is 0.610. The molecule has 0 aliphatic rings. The summed E-state index contributed by atoms with van der Waals surface area (Å²) in [6, 6.07) is 0. The Kier molecular flexibility index (Phi) is 2.70. The van der Waals surface area contributed by atoms with Crippen LogP contribution in [0.25, 0.3) is 0 Å². The Morgan fingerprint density at radius 1 is 1.62 bits per heavy atom. The second-order valence-corrected chi connectivity index (χ2v) is 2.56. The Bertz CT molecular complexity index is 423. The lowest BCUT2D eigenvalue weighted by Gasteiger charge is -1.98. The average Bonchev–Trinajstić information content (AvgIpc) is 2.02. The van der Waals surface area contributed by atoms with Crippen molar-refractivity contribution in [3.8, 4) is 17.7 Å². The molecule has 0 bridgehead atoms. The zero-order chi connectivity index (χ0) is 9.84. The van der Waals surface area contributed by atoms with E-state index >= 15 is 0 Å². The summed E-state index contributed by atoms with van der Waals surface area (Å²) in [5.41, 5.74) is -0.104. The average molecular weight is 178 g/mol. The maximum atomic E-state index is 11.2. The van der Waals surface area contributed by atoms with Gasteiger partial charge in [0.1, 0.15) is 5.82 Å². The molecule has 4 heteroatoms. The lowest BCUT2D eigenvalue weighted by molar-refractivity contribution is 0.443. The lowest BCUT2D eigenvalue weighted by atomic mass is 10.2. The number of aromatic hydroxyl groups is 1. The van der Waals surface area contributed by atoms with Gasteiger partial charge in [0.05, 0.1) is 5.56 Å². The molecule has 0 aliphatic carbocycles. The second-order valence-electron chi connectivity index (χ2n) is 2.56. The minimum atomic E-state index is -0.326. The zero-order valence-corrected chi connectivity index (χ0v) is 7.51. The van der Waals surface area contributed by atoms with E-state index in [2.05, 4.69) is 21.8 Å². The highest BCUT2D eigenvalue weighted by molar-refractivity contribution is 5.26. The third-order valence-corrected chi connectivity index (χ3v) is 1.55. The SMILES string of the molecule is CC#CCc1c(O)nc(C)[nH]c1=O. The molecule has 0 saturated heterocycles. The predicted octanol–water partition coefficient (Wildman–Crippen LogP) is 0.350. The Balaban J connectivity index is 3.18. The van der Waals surface area contributed by atoms with Crippen LogP contribution in [0.4, 0.5) is 0 Å². The molecular formula is C9H10N2O2. The number of nitrogens with zero attached hydrogens (tertiary/aromatic N) is 1. The van der Waals surface area contributed by atoms with Crippen LogP contribution in [-0.2, 0) is 6.42 Å². The van der Waals surface area contributed by atoms with E-state index in [0.717, 1.165) is 0 Å². The van der Waals surface area contributed by atoms with Crippen molar-refractivity contribution in [3.63, 3.8) is 0 Å². The molecule has 1 rings (SSSR count). The molecule has 0 fully saturated rings. The number of aryl methyl sites for hydroxylation is 1. The van der Waals surface area contributed by atoms with E-state index in [0.29, 0.717) is 5.82 Å². The van der Waals surface area contributed by atoms with Crippen molar-refractivity contribution >= 4 is 0 Å². The van der Waals surface area contributed by atoms with Gasteiger partial charge in [-0.3, -0.25) is 4.79 Å². The number of H-pyrrole nitrogens is 1. The Labute approximate surface area is 75.7 Å². The van der Waals surface area contributed by atoms with Gasteiger partial charge in [0, 0.05) is 6.42 Å². The Hall–Kier alpha value is -1.76. The van der Waals surface area contributed by atoms with E-state index in [9.17, 15) is 9.90 Å². The lowest BCUT2D eigenvalue weighted by Crippen LogP contribution is -2.14. The van der Waals surface area contributed by atoms with E-state index in [4.69, 9.17) is 0 Å². The third-order valence-electron chi connectivity index (χ3n) is 1.55. The highest BCUT2D eigenvalue weighted by Crippen LogP contribution is 2.07. The molecule has 68 valence electrons. The highest BCUT2D eigenvalue weighted by atomic mass is 16.3. The number of aromatic nitrogens is 2. The first kappa shape index (κ1) is 9.33. The smallest absolute Gasteiger partial charge is 0.258 e. The number of rotatable bonds is 1. The molecule has 1 aromatic rings. The number of hydrogen-bond donors (Lipinski definition) is 2. The largest absolute Gasteiger partial charge is 0.493 e. The van der Waals surface area contributed by atoms with Crippen LogP contribution >= 0.6 is 0 Å². The molecule has 0 amide bonds. The van der Waals surface area contributed by atoms with Crippen LogP contribution < -0.4 is 5.56 Å². The first-order valence-electron chi connectivity index (χ1n) is 3.83. The van der Waals surface area contributed by atoms with Gasteiger partial charge in [0.2, 0.25) is 5.88 Å². The fraction of sp³-hybridized carbons (Fsp3) is 0.333. The molecule has 0 radical (unpaired) electrons. The van der Waals surface area contributed by atoms with Crippen molar-refractivity contribution in [2.24, 2.45) is 0 Å². The molecule has 2 N–H and O–H groups in total. The summed E-state index contributed by atoms with van der Waals surface area (Å²) < 4.78 is 0. The molecule has 13 heavy (non-hydrogen) atoms. The van der Waals surface area contributed by atoms with Crippen LogP contribution in [0.2, 0.25) is 0 Å². The molecule has 0 saturated carbocycles. The van der Waals surface area contributed by atoms with Gasteiger partial charge >= 0.3 is 0 Å². The minimum absolute atomic E-state index is 0.222. The van der Waals surface area contributed by atoms with Gasteiger partial charge < -0.3 is 10.1 Å². The van der Waals surface area contributed by atoms with Crippen LogP contribution in [0.3, 0.4) is 0 Å². The van der Waals surface area contributed by atoms with E-state index in [1.165, 1.54) is 0 Å². The van der Waals surface area contributed by atoms with E-state index < -0.39 is 0 Å². The van der Waals surface area contributed by atoms with Crippen molar-refractivity contribution in [1.29, 1.82) is 0 Å². The van der Waals surface area contributed by atoms with Crippen LogP contribution in [-0.4, -0.2) is 15.1 Å². The van der Waals surface area contributed by atoms with Gasteiger partial charge in [-0.25, -0.2) is 4.98 Å². The summed E-state index contributed by atoms with van der Waals surface area (Å²) in [5, 5.41) is 9.30. The summed E-state index contributed by atoms with van der Waals surface area (Å²) in [6.45, 7) is 3.28. The van der Waals surface area contributed by atoms with Crippen molar-refractivity contribution in [2.45, 2.75) is 20.3 Å². The van der Waals surface area contributed by atoms with Crippen molar-refractivity contribution in [1.82, 2.24) is 9.97 Å². The van der Waals surface area contributed by atoms with Crippen molar-refractivity contribution < 1.29 is 5.11 Å². The predicted molar refractivity (Wildman–Crippen MR) is 48.4 cm³/mol. The van der Waals surface area contributed by atoms with Crippen molar-refractivity contribution in [2.75, 3.05) is 0 Å². The molecule has 0 spiro atoms. The fourth-order valence-electron chi connectivity index (χ4n) is 0.932. The topological polar surface area (TPSA) is 66.0 Å². The molecule has 0 aliphatic heterocycles. The maximum Gasteiger partial charge on any atom is 0.258 e. The monoisotopic (exact) mass is 178 g/mol. The second kappa shape index (κ2) is 3.76. The van der Waals surface area contributed by atoms with E-state index in [1.54, 1.807) is 13.8 Å². The van der Waals surface area contributed by atoms with E-state index in [-0.39, 0.29) is 23.4 Å². The first-order valence-corrected chi connectivity index (χ1v) is 3.83. The van der Waals surface area contributed by atoms with E-state index in [1.807, 2.05) is 0 Å². The fourth-order valence-corrected chi connectivity index (χ4v) is 0.932. The summed E-state index contributed by atoms with van der Waals surface area (Å²) in [5.74, 6) is 5.51. The molecule has 0 unspecified atom stereocenters. The Morgan fingerprint density at radius 3 is 2.85 bits per heavy atom. The number of hydrogen-bond acceptors (Lipinski definition) is 3. The normalized spacial score (nSPS) is 9.08. The van der Waals surface area contributed by atoms with Gasteiger partial charge in [-0.2, -0.15) is 0 Å². The van der Waals surface area contributed by atoms with Crippen LogP contribution in [0.1, 0.15) is 18.3 Å². The first-order chi connectivity index (χ1) is 6.15. The van der Waals surface area contributed by atoms with Gasteiger partial charge in [-0.05, 0) is 13.8 Å². The summed E-state index contributed by atoms with van der Waals surface area (Å²) in [4.78, 5) is 17.5. The van der Waals surface area contributed by atoms with Crippen molar-refractivity contribution in [3.05, 3.63) is 21.7 Å². The third kappa shape index (κ3) is 2.09. The van der Waals surface area contributed by atoms with Gasteiger partial charge in [-0.15, -0.1) is 5.92 Å². The summed E-state index contributed by atoms with van der Waals surface area (Å²) in [6.07, 6.45) is 0.227. The molecule has 0 aromatic carbocycles. The molecule has 4 nitrogen and oxygen atoms in total. The Morgan fingerprint density at radius 2 is 2.31 bits per heavy atom. The van der Waals surface area contributed by atoms with Gasteiger partial charge in [0.15, 0.2) is 0 Å². The standard InChI is InChI=1S/C9H10N2O2/c1-3-4-5-7-8(12)10-6(2)11-9(7)13/h5H2,1-2H3,(H2,10,11,12,13). The highest BCUT2D eigenvalue weighted by Gasteiger charge is 2.06. The molecule has 1 aromatic heterocycles. The summed E-state index contributed by atoms with van der Waals surface area (Å²) in [7, 11) is 0. The summed E-state index contributed by atoms with van der Waals surface area (Å²) >= 11 is 0. The molecule has 1 heterocycles. The van der Waals surface area contributed by atoms with Gasteiger partial charge in [-0.1, -0.05) is 5.92 Å². The van der Waals surface area contributed by atoms with Crippen LogP contribution in [0.15, 0.2) is 4.79 Å². The molecular weight excluding hydrogens is 168 g/mol. The minimum Gasteiger partial charge on any atom is -0.493 e. The van der Waals surface area contributed by atoms with Gasteiger partial charge in [0.25, 0.3) is 5.56 Å². The van der Waals surface area contributed by atoms with Crippen LogP contribution in [0, 0.1) is 18.8 Å². The number of nitrogens with one attached hydrogen (secondary N) is 1.